The van der Waals surface area contributed by atoms with Crippen molar-refractivity contribution in [1.82, 2.24) is 9.80 Å². The van der Waals surface area contributed by atoms with Crippen molar-refractivity contribution in [2.45, 2.75) is 24.9 Å². The van der Waals surface area contributed by atoms with Crippen molar-refractivity contribution in [3.63, 3.8) is 0 Å². The highest BCUT2D eigenvalue weighted by Gasteiger charge is 2.20. The molecule has 2 aliphatic rings. The summed E-state index contributed by atoms with van der Waals surface area (Å²) in [5, 5.41) is 0. The molecule has 0 aliphatic carbocycles. The minimum atomic E-state index is 0.556. The summed E-state index contributed by atoms with van der Waals surface area (Å²) in [5.41, 5.74) is 0. The quantitative estimate of drug-likeness (QED) is 0.678. The predicted octanol–water partition coefficient (Wildman–Crippen LogP) is 0.431. The van der Waals surface area contributed by atoms with E-state index < -0.39 is 0 Å². The molecule has 0 aromatic rings. The minimum absolute atomic E-state index is 0.556. The van der Waals surface area contributed by atoms with E-state index in [0.29, 0.717) is 12.1 Å². The van der Waals surface area contributed by atoms with Gasteiger partial charge < -0.3 is 9.47 Å². The van der Waals surface area contributed by atoms with Gasteiger partial charge in [0, 0.05) is 25.3 Å². The highest BCUT2D eigenvalue weighted by atomic mass is 16.5. The summed E-state index contributed by atoms with van der Waals surface area (Å²) in [6, 6.07) is 1.11. The van der Waals surface area contributed by atoms with Crippen molar-refractivity contribution in [1.29, 1.82) is 0 Å². The molecule has 2 fully saturated rings. The maximum absolute atomic E-state index is 5.38. The third-order valence-electron chi connectivity index (χ3n) is 3.84. The lowest BCUT2D eigenvalue weighted by atomic mass is 10.2. The molecule has 0 N–H and O–H groups in total. The Morgan fingerprint density at radius 3 is 1.67 bits per heavy atom. The summed E-state index contributed by atoms with van der Waals surface area (Å²) in [6.45, 7) is 5.18. The van der Waals surface area contributed by atoms with Crippen LogP contribution in [0.15, 0.2) is 0 Å². The summed E-state index contributed by atoms with van der Waals surface area (Å²) >= 11 is 0. The second-order valence-electron chi connectivity index (χ2n) is 5.22. The zero-order valence-electron chi connectivity index (χ0n) is 11.5. The SMILES string of the molecule is CN(CC#CCN(C)[C@H]1CCOC1)[C@@H]1CCOC1. The van der Waals surface area contributed by atoms with Crippen LogP contribution in [0.25, 0.3) is 0 Å². The first-order valence-corrected chi connectivity index (χ1v) is 6.79. The summed E-state index contributed by atoms with van der Waals surface area (Å²) in [7, 11) is 4.26. The normalized spacial score (nSPS) is 27.8. The van der Waals surface area contributed by atoms with Crippen LogP contribution in [0.1, 0.15) is 12.8 Å². The molecule has 0 aromatic carbocycles. The molecule has 0 spiro atoms. The predicted molar refractivity (Wildman–Crippen MR) is 71.5 cm³/mol. The molecule has 4 nitrogen and oxygen atoms in total. The average Bonchev–Trinajstić information content (AvgIpc) is 3.05. The molecular weight excluding hydrogens is 228 g/mol. The van der Waals surface area contributed by atoms with Crippen molar-refractivity contribution in [3.8, 4) is 11.8 Å². The molecule has 0 radical (unpaired) electrons. The molecular formula is C14H24N2O2. The van der Waals surface area contributed by atoms with Gasteiger partial charge in [0.2, 0.25) is 0 Å². The Morgan fingerprint density at radius 1 is 0.889 bits per heavy atom. The maximum Gasteiger partial charge on any atom is 0.0622 e. The summed E-state index contributed by atoms with van der Waals surface area (Å²) in [6.07, 6.45) is 2.27. The fourth-order valence-corrected chi connectivity index (χ4v) is 2.36. The van der Waals surface area contributed by atoms with E-state index in [9.17, 15) is 0 Å². The van der Waals surface area contributed by atoms with Gasteiger partial charge in [-0.3, -0.25) is 9.80 Å². The molecule has 0 amide bonds. The van der Waals surface area contributed by atoms with Crippen molar-refractivity contribution < 1.29 is 9.47 Å². The minimum Gasteiger partial charge on any atom is -0.380 e. The van der Waals surface area contributed by atoms with Crippen LogP contribution < -0.4 is 0 Å². The molecule has 2 rings (SSSR count). The Hall–Kier alpha value is -0.600. The van der Waals surface area contributed by atoms with Crippen LogP contribution in [0.2, 0.25) is 0 Å². The van der Waals surface area contributed by atoms with E-state index in [1.807, 2.05) is 0 Å². The third-order valence-corrected chi connectivity index (χ3v) is 3.84. The van der Waals surface area contributed by atoms with Gasteiger partial charge >= 0.3 is 0 Å². The third kappa shape index (κ3) is 3.96. The van der Waals surface area contributed by atoms with Crippen LogP contribution in [-0.2, 0) is 9.47 Å². The maximum atomic E-state index is 5.38. The second kappa shape index (κ2) is 7.10. The largest absolute Gasteiger partial charge is 0.380 e. The van der Waals surface area contributed by atoms with Gasteiger partial charge in [0.25, 0.3) is 0 Å². The van der Waals surface area contributed by atoms with Crippen molar-refractivity contribution in [2.75, 3.05) is 53.6 Å². The number of hydrogen-bond acceptors (Lipinski definition) is 4. The molecule has 0 saturated carbocycles. The Bertz CT molecular complexity index is 271. The Balaban J connectivity index is 1.65. The number of ether oxygens (including phenoxy) is 2. The van der Waals surface area contributed by atoms with Gasteiger partial charge in [-0.25, -0.2) is 0 Å². The zero-order valence-corrected chi connectivity index (χ0v) is 11.5. The molecule has 0 aromatic heterocycles. The molecule has 2 atom stereocenters. The zero-order chi connectivity index (χ0) is 12.8. The number of nitrogens with zero attached hydrogens (tertiary/aromatic N) is 2. The summed E-state index contributed by atoms with van der Waals surface area (Å²) in [5.74, 6) is 6.51. The average molecular weight is 252 g/mol. The molecule has 2 saturated heterocycles. The first-order chi connectivity index (χ1) is 8.77. The number of likely N-dealkylation sites (N-methyl/N-ethyl adjacent to an activating group) is 2. The second-order valence-corrected chi connectivity index (χ2v) is 5.22. The first kappa shape index (κ1) is 13.8. The van der Waals surface area contributed by atoms with E-state index in [2.05, 4.69) is 35.7 Å². The Kier molecular flexibility index (Phi) is 5.45. The molecule has 18 heavy (non-hydrogen) atoms. The molecule has 4 heteroatoms. The van der Waals surface area contributed by atoms with Crippen LogP contribution in [0.5, 0.6) is 0 Å². The Labute approximate surface area is 110 Å². The molecule has 102 valence electrons. The van der Waals surface area contributed by atoms with E-state index in [-0.39, 0.29) is 0 Å². The highest BCUT2D eigenvalue weighted by Crippen LogP contribution is 2.10. The lowest BCUT2D eigenvalue weighted by Crippen LogP contribution is -2.33. The lowest BCUT2D eigenvalue weighted by molar-refractivity contribution is 0.164. The fourth-order valence-electron chi connectivity index (χ4n) is 2.36. The van der Waals surface area contributed by atoms with Gasteiger partial charge in [-0.05, 0) is 26.9 Å². The Morgan fingerprint density at radius 2 is 1.33 bits per heavy atom. The summed E-state index contributed by atoms with van der Waals surface area (Å²) < 4.78 is 10.8. The van der Waals surface area contributed by atoms with Gasteiger partial charge in [0.05, 0.1) is 26.3 Å². The van der Waals surface area contributed by atoms with Crippen LogP contribution in [-0.4, -0.2) is 75.5 Å². The van der Waals surface area contributed by atoms with Crippen LogP contribution >= 0.6 is 0 Å². The number of hydrogen-bond donors (Lipinski definition) is 0. The van der Waals surface area contributed by atoms with E-state index in [4.69, 9.17) is 9.47 Å². The smallest absolute Gasteiger partial charge is 0.0622 e. The van der Waals surface area contributed by atoms with Crippen molar-refractivity contribution in [3.05, 3.63) is 0 Å². The summed E-state index contributed by atoms with van der Waals surface area (Å²) in [4.78, 5) is 4.58. The van der Waals surface area contributed by atoms with Crippen molar-refractivity contribution >= 4 is 0 Å². The lowest BCUT2D eigenvalue weighted by Gasteiger charge is -2.20. The van der Waals surface area contributed by atoms with E-state index in [1.54, 1.807) is 0 Å². The van der Waals surface area contributed by atoms with Gasteiger partial charge in [-0.15, -0.1) is 0 Å². The fraction of sp³-hybridized carbons (Fsp3) is 0.857. The number of rotatable bonds is 4. The van der Waals surface area contributed by atoms with Crippen LogP contribution in [0.4, 0.5) is 0 Å². The molecule has 0 unspecified atom stereocenters. The topological polar surface area (TPSA) is 24.9 Å². The van der Waals surface area contributed by atoms with Crippen LogP contribution in [0.3, 0.4) is 0 Å². The van der Waals surface area contributed by atoms with Crippen LogP contribution in [0, 0.1) is 11.8 Å². The van der Waals surface area contributed by atoms with E-state index in [0.717, 1.165) is 52.4 Å². The van der Waals surface area contributed by atoms with E-state index >= 15 is 0 Å². The molecule has 2 heterocycles. The van der Waals surface area contributed by atoms with E-state index in [1.165, 1.54) is 0 Å². The van der Waals surface area contributed by atoms with Gasteiger partial charge in [0.1, 0.15) is 0 Å². The molecule has 2 aliphatic heterocycles. The monoisotopic (exact) mass is 252 g/mol. The molecule has 0 bridgehead atoms. The van der Waals surface area contributed by atoms with Gasteiger partial charge in [0.15, 0.2) is 0 Å². The van der Waals surface area contributed by atoms with Crippen molar-refractivity contribution in [2.24, 2.45) is 0 Å². The highest BCUT2D eigenvalue weighted by molar-refractivity contribution is 5.04. The van der Waals surface area contributed by atoms with Gasteiger partial charge in [-0.1, -0.05) is 11.8 Å². The standard InChI is InChI=1S/C14H24N2O2/c1-15(13-5-9-17-11-13)7-3-4-8-16(2)14-6-10-18-12-14/h13-14H,5-12H2,1-2H3/t13-,14+. The first-order valence-electron chi connectivity index (χ1n) is 6.79. The van der Waals surface area contributed by atoms with Gasteiger partial charge in [-0.2, -0.15) is 0 Å².